The fraction of sp³-hybridized carbons (Fsp3) is 0.0952. The van der Waals surface area contributed by atoms with Crippen LogP contribution in [0.4, 0.5) is 0 Å². The summed E-state index contributed by atoms with van der Waals surface area (Å²) < 4.78 is 7.33. The van der Waals surface area contributed by atoms with Gasteiger partial charge in [-0.15, -0.1) is 0 Å². The van der Waals surface area contributed by atoms with Crippen LogP contribution in [0.2, 0.25) is 0 Å². The van der Waals surface area contributed by atoms with Crippen molar-refractivity contribution >= 4 is 16.9 Å². The maximum absolute atomic E-state index is 12.3. The minimum absolute atomic E-state index is 0.0127. The van der Waals surface area contributed by atoms with Crippen molar-refractivity contribution in [2.75, 3.05) is 6.54 Å². The van der Waals surface area contributed by atoms with Crippen LogP contribution in [0.25, 0.3) is 16.7 Å². The highest BCUT2D eigenvalue weighted by molar-refractivity contribution is 5.93. The van der Waals surface area contributed by atoms with E-state index in [-0.39, 0.29) is 11.2 Å². The molecule has 0 saturated heterocycles. The first-order valence-electron chi connectivity index (χ1n) is 8.61. The Morgan fingerprint density at radius 2 is 1.85 bits per heavy atom. The summed E-state index contributed by atoms with van der Waals surface area (Å²) in [4.78, 5) is 24.4. The summed E-state index contributed by atoms with van der Waals surface area (Å²) in [6.45, 7) is 0.413. The zero-order valence-electron chi connectivity index (χ0n) is 14.5. The molecular weight excluding hydrogens is 342 g/mol. The lowest BCUT2D eigenvalue weighted by Crippen LogP contribution is -2.26. The molecule has 0 aliphatic heterocycles. The van der Waals surface area contributed by atoms with Gasteiger partial charge < -0.3 is 9.73 Å². The van der Waals surface area contributed by atoms with Crippen molar-refractivity contribution in [2.24, 2.45) is 0 Å². The van der Waals surface area contributed by atoms with Crippen LogP contribution in [0.5, 0.6) is 0 Å². The highest BCUT2D eigenvalue weighted by Crippen LogP contribution is 2.12. The summed E-state index contributed by atoms with van der Waals surface area (Å²) in [5.41, 5.74) is 2.15. The maximum atomic E-state index is 12.3. The monoisotopic (exact) mass is 359 g/mol. The first-order valence-corrected chi connectivity index (χ1v) is 8.61. The average molecular weight is 359 g/mol. The van der Waals surface area contributed by atoms with Gasteiger partial charge in [0.25, 0.3) is 5.91 Å². The molecule has 0 saturated carbocycles. The van der Waals surface area contributed by atoms with E-state index in [0.717, 1.165) is 11.3 Å². The molecule has 0 aliphatic rings. The van der Waals surface area contributed by atoms with Crippen LogP contribution in [0.15, 0.2) is 82.3 Å². The van der Waals surface area contributed by atoms with E-state index in [1.54, 1.807) is 35.1 Å². The lowest BCUT2D eigenvalue weighted by Gasteiger charge is -2.04. The van der Waals surface area contributed by atoms with Crippen LogP contribution >= 0.6 is 0 Å². The van der Waals surface area contributed by atoms with Crippen molar-refractivity contribution in [1.29, 1.82) is 0 Å². The van der Waals surface area contributed by atoms with E-state index in [4.69, 9.17) is 4.42 Å². The van der Waals surface area contributed by atoms with Crippen molar-refractivity contribution in [3.63, 3.8) is 0 Å². The number of amides is 1. The Morgan fingerprint density at radius 1 is 1.07 bits per heavy atom. The van der Waals surface area contributed by atoms with Crippen molar-refractivity contribution in [2.45, 2.75) is 6.42 Å². The third-order valence-electron chi connectivity index (χ3n) is 4.21. The van der Waals surface area contributed by atoms with Crippen molar-refractivity contribution < 1.29 is 9.21 Å². The topological polar surface area (TPSA) is 77.1 Å². The number of nitrogens with one attached hydrogen (secondary N) is 1. The van der Waals surface area contributed by atoms with Gasteiger partial charge in [0.05, 0.1) is 17.3 Å². The van der Waals surface area contributed by atoms with E-state index in [9.17, 15) is 9.59 Å². The number of fused-ring (bicyclic) bond motifs is 1. The summed E-state index contributed by atoms with van der Waals surface area (Å²) in [5.74, 6) is -0.396. The van der Waals surface area contributed by atoms with Gasteiger partial charge in [-0.2, -0.15) is 5.10 Å². The third kappa shape index (κ3) is 3.64. The molecule has 0 bridgehead atoms. The molecule has 0 aliphatic carbocycles. The number of hydrogen-bond donors (Lipinski definition) is 1. The number of benzene rings is 2. The smallest absolute Gasteiger partial charge is 0.287 e. The average Bonchev–Trinajstić information content (AvgIpc) is 3.17. The standard InChI is InChI=1S/C21H17N3O3/c25-18-12-20(27-19-9-5-4-8-17(18)19)21(26)22-11-10-15-13-23-24(14-15)16-6-2-1-3-7-16/h1-9,12-14H,10-11H2,(H,22,26). The molecule has 4 aromatic rings. The Kier molecular flexibility index (Phi) is 4.53. The van der Waals surface area contributed by atoms with Gasteiger partial charge >= 0.3 is 0 Å². The molecule has 6 heteroatoms. The molecule has 0 atom stereocenters. The van der Waals surface area contributed by atoms with Crippen molar-refractivity contribution in [3.05, 3.63) is 94.6 Å². The molecule has 0 unspecified atom stereocenters. The molecule has 6 nitrogen and oxygen atoms in total. The highest BCUT2D eigenvalue weighted by atomic mass is 16.3. The fourth-order valence-electron chi connectivity index (χ4n) is 2.83. The normalized spacial score (nSPS) is 10.8. The van der Waals surface area contributed by atoms with Gasteiger partial charge in [0.15, 0.2) is 11.2 Å². The molecule has 134 valence electrons. The number of rotatable bonds is 5. The van der Waals surface area contributed by atoms with Crippen molar-refractivity contribution in [1.82, 2.24) is 15.1 Å². The van der Waals surface area contributed by atoms with Gasteiger partial charge in [-0.3, -0.25) is 9.59 Å². The van der Waals surface area contributed by atoms with Crippen LogP contribution in [0.1, 0.15) is 16.1 Å². The van der Waals surface area contributed by atoms with Crippen LogP contribution in [0.3, 0.4) is 0 Å². The second kappa shape index (κ2) is 7.29. The fourth-order valence-corrected chi connectivity index (χ4v) is 2.83. The lowest BCUT2D eigenvalue weighted by molar-refractivity contribution is 0.0927. The number of carbonyl (C=O) groups excluding carboxylic acids is 1. The Balaban J connectivity index is 1.40. The Hall–Kier alpha value is -3.67. The van der Waals surface area contributed by atoms with Crippen LogP contribution in [-0.4, -0.2) is 22.2 Å². The Labute approximate surface area is 155 Å². The SMILES string of the molecule is O=C(NCCc1cnn(-c2ccccc2)c1)c1cc(=O)c2ccccc2o1. The molecule has 27 heavy (non-hydrogen) atoms. The van der Waals surface area contributed by atoms with Gasteiger partial charge in [0.1, 0.15) is 5.58 Å². The number of aromatic nitrogens is 2. The zero-order chi connectivity index (χ0) is 18.6. The van der Waals surface area contributed by atoms with Crippen LogP contribution in [0, 0.1) is 0 Å². The maximum Gasteiger partial charge on any atom is 0.287 e. The molecular formula is C21H17N3O3. The van der Waals surface area contributed by atoms with E-state index in [0.29, 0.717) is 23.9 Å². The molecule has 2 aromatic carbocycles. The summed E-state index contributed by atoms with van der Waals surface area (Å²) in [5, 5.41) is 7.57. The van der Waals surface area contributed by atoms with Crippen molar-refractivity contribution in [3.8, 4) is 5.69 Å². The highest BCUT2D eigenvalue weighted by Gasteiger charge is 2.12. The first-order chi connectivity index (χ1) is 13.2. The predicted molar refractivity (Wildman–Crippen MR) is 102 cm³/mol. The quantitative estimate of drug-likeness (QED) is 0.594. The molecule has 2 heterocycles. The van der Waals surface area contributed by atoms with Gasteiger partial charge in [-0.1, -0.05) is 30.3 Å². The van der Waals surface area contributed by atoms with E-state index in [1.807, 2.05) is 36.5 Å². The third-order valence-corrected chi connectivity index (χ3v) is 4.21. The van der Waals surface area contributed by atoms with Crippen LogP contribution < -0.4 is 10.7 Å². The van der Waals surface area contributed by atoms with E-state index >= 15 is 0 Å². The summed E-state index contributed by atoms with van der Waals surface area (Å²) >= 11 is 0. The number of carbonyl (C=O) groups is 1. The van der Waals surface area contributed by atoms with Gasteiger partial charge in [-0.25, -0.2) is 4.68 Å². The summed E-state index contributed by atoms with van der Waals surface area (Å²) in [6.07, 6.45) is 4.32. The molecule has 4 rings (SSSR count). The second-order valence-electron chi connectivity index (χ2n) is 6.11. The number of hydrogen-bond acceptors (Lipinski definition) is 4. The molecule has 0 fully saturated rings. The van der Waals surface area contributed by atoms with E-state index < -0.39 is 5.91 Å². The van der Waals surface area contributed by atoms with E-state index in [2.05, 4.69) is 10.4 Å². The Bertz CT molecular complexity index is 1150. The van der Waals surface area contributed by atoms with E-state index in [1.165, 1.54) is 6.07 Å². The summed E-state index contributed by atoms with van der Waals surface area (Å²) in [7, 11) is 0. The molecule has 0 radical (unpaired) electrons. The number of para-hydroxylation sites is 2. The largest absolute Gasteiger partial charge is 0.451 e. The summed E-state index contributed by atoms with van der Waals surface area (Å²) in [6, 6.07) is 17.9. The van der Waals surface area contributed by atoms with Gasteiger partial charge in [0.2, 0.25) is 0 Å². The zero-order valence-corrected chi connectivity index (χ0v) is 14.5. The van der Waals surface area contributed by atoms with Gasteiger partial charge in [0, 0.05) is 18.8 Å². The van der Waals surface area contributed by atoms with Crippen LogP contribution in [-0.2, 0) is 6.42 Å². The molecule has 1 N–H and O–H groups in total. The second-order valence-corrected chi connectivity index (χ2v) is 6.11. The lowest BCUT2D eigenvalue weighted by atomic mass is 10.2. The minimum atomic E-state index is -0.409. The first kappa shape index (κ1) is 16.8. The molecule has 0 spiro atoms. The minimum Gasteiger partial charge on any atom is -0.451 e. The molecule has 1 amide bonds. The predicted octanol–water partition coefficient (Wildman–Crippen LogP) is 2.95. The number of nitrogens with zero attached hydrogens (tertiary/aromatic N) is 2. The Morgan fingerprint density at radius 3 is 2.70 bits per heavy atom. The van der Waals surface area contributed by atoms with Gasteiger partial charge in [-0.05, 0) is 36.2 Å². The molecule has 2 aromatic heterocycles.